The molecule has 0 N–H and O–H groups in total. The zero-order valence-corrected chi connectivity index (χ0v) is 12.1. The van der Waals surface area contributed by atoms with Gasteiger partial charge in [-0.05, 0) is 13.8 Å². The van der Waals surface area contributed by atoms with Crippen LogP contribution in [0.1, 0.15) is 20.3 Å². The number of nitrogens with zero attached hydrogens (tertiary/aromatic N) is 4. The molecule has 0 atom stereocenters. The number of hydrogen-bond donors (Lipinski definition) is 0. The lowest BCUT2D eigenvalue weighted by Gasteiger charge is -2.36. The molecule has 7 heteroatoms. The molecular weight excluding hydrogens is 260 g/mol. The highest BCUT2D eigenvalue weighted by atomic mass is 16.2. The van der Waals surface area contributed by atoms with Crippen molar-refractivity contribution < 1.29 is 14.4 Å². The summed E-state index contributed by atoms with van der Waals surface area (Å²) in [5, 5.41) is 8.47. The molecule has 0 saturated carbocycles. The molecule has 1 aliphatic heterocycles. The molecule has 3 amide bonds. The van der Waals surface area contributed by atoms with E-state index in [2.05, 4.69) is 0 Å². The molecule has 1 heterocycles. The summed E-state index contributed by atoms with van der Waals surface area (Å²) in [6, 6.07) is 1.93. The molecular formula is C13H20N4O3. The largest absolute Gasteiger partial charge is 0.343 e. The molecule has 0 aromatic rings. The van der Waals surface area contributed by atoms with Crippen molar-refractivity contribution in [2.45, 2.75) is 26.3 Å². The Bertz CT molecular complexity index is 441. The Kier molecular flexibility index (Phi) is 5.50. The summed E-state index contributed by atoms with van der Waals surface area (Å²) >= 11 is 0. The van der Waals surface area contributed by atoms with Gasteiger partial charge in [-0.3, -0.25) is 14.4 Å². The van der Waals surface area contributed by atoms with Crippen molar-refractivity contribution in [3.05, 3.63) is 0 Å². The summed E-state index contributed by atoms with van der Waals surface area (Å²) < 4.78 is 0. The Morgan fingerprint density at radius 2 is 2.00 bits per heavy atom. The molecule has 0 aromatic heterocycles. The summed E-state index contributed by atoms with van der Waals surface area (Å²) in [6.07, 6.45) is 0.246. The Labute approximate surface area is 118 Å². The highest BCUT2D eigenvalue weighted by molar-refractivity contribution is 6.35. The number of piperazine rings is 1. The normalized spacial score (nSPS) is 15.6. The van der Waals surface area contributed by atoms with Gasteiger partial charge in [0.1, 0.15) is 6.54 Å². The van der Waals surface area contributed by atoms with Crippen LogP contribution in [-0.4, -0.2) is 71.7 Å². The topological polar surface area (TPSA) is 84.7 Å². The zero-order chi connectivity index (χ0) is 15.3. The smallest absolute Gasteiger partial charge is 0.312 e. The van der Waals surface area contributed by atoms with E-state index in [4.69, 9.17) is 5.26 Å². The molecule has 0 aliphatic carbocycles. The van der Waals surface area contributed by atoms with Gasteiger partial charge in [-0.25, -0.2) is 0 Å². The van der Waals surface area contributed by atoms with Gasteiger partial charge in [0.15, 0.2) is 0 Å². The van der Waals surface area contributed by atoms with Crippen molar-refractivity contribution in [1.29, 1.82) is 5.26 Å². The van der Waals surface area contributed by atoms with Crippen molar-refractivity contribution in [2.24, 2.45) is 0 Å². The van der Waals surface area contributed by atoms with Gasteiger partial charge in [-0.15, -0.1) is 0 Å². The van der Waals surface area contributed by atoms with Gasteiger partial charge in [-0.1, -0.05) is 0 Å². The van der Waals surface area contributed by atoms with Gasteiger partial charge in [0.05, 0.1) is 12.5 Å². The van der Waals surface area contributed by atoms with Crippen LogP contribution in [0.5, 0.6) is 0 Å². The second-order valence-corrected chi connectivity index (χ2v) is 5.04. The van der Waals surface area contributed by atoms with Crippen LogP contribution in [0.2, 0.25) is 0 Å². The molecule has 20 heavy (non-hydrogen) atoms. The maximum atomic E-state index is 11.9. The molecule has 1 rings (SSSR count). The number of likely N-dealkylation sites (N-methyl/N-ethyl adjacent to an activating group) is 1. The van der Waals surface area contributed by atoms with E-state index >= 15 is 0 Å². The second kappa shape index (κ2) is 6.89. The van der Waals surface area contributed by atoms with E-state index in [1.807, 2.05) is 19.9 Å². The zero-order valence-electron chi connectivity index (χ0n) is 12.1. The third-order valence-electron chi connectivity index (χ3n) is 3.28. The summed E-state index contributed by atoms with van der Waals surface area (Å²) in [4.78, 5) is 39.8. The van der Waals surface area contributed by atoms with Gasteiger partial charge in [-0.2, -0.15) is 5.26 Å². The molecule has 1 fully saturated rings. The average molecular weight is 280 g/mol. The number of amides is 3. The lowest BCUT2D eigenvalue weighted by Crippen LogP contribution is -2.58. The minimum Gasteiger partial charge on any atom is -0.343 e. The predicted octanol–water partition coefficient (Wildman–Crippen LogP) is -0.562. The standard InChI is InChI=1S/C13H20N4O3/c1-10(2)17-8-7-16(12(19)13(17)20)9-11(18)15(3)6-4-5-14/h10H,4,6-9H2,1-3H3. The molecule has 0 spiro atoms. The van der Waals surface area contributed by atoms with E-state index in [0.717, 1.165) is 0 Å². The Balaban J connectivity index is 2.58. The first-order valence-electron chi connectivity index (χ1n) is 6.59. The van der Waals surface area contributed by atoms with Gasteiger partial charge < -0.3 is 14.7 Å². The van der Waals surface area contributed by atoms with E-state index in [9.17, 15) is 14.4 Å². The number of carbonyl (C=O) groups is 3. The van der Waals surface area contributed by atoms with E-state index < -0.39 is 11.8 Å². The quantitative estimate of drug-likeness (QED) is 0.632. The van der Waals surface area contributed by atoms with Crippen LogP contribution in [0.3, 0.4) is 0 Å². The summed E-state index contributed by atoms with van der Waals surface area (Å²) in [6.45, 7) is 4.71. The molecule has 0 unspecified atom stereocenters. The first-order chi connectivity index (χ1) is 9.38. The van der Waals surface area contributed by atoms with Crippen LogP contribution in [0.25, 0.3) is 0 Å². The third kappa shape index (κ3) is 3.70. The van der Waals surface area contributed by atoms with Crippen molar-refractivity contribution in [1.82, 2.24) is 14.7 Å². The molecule has 0 aromatic carbocycles. The van der Waals surface area contributed by atoms with Gasteiger partial charge in [0.2, 0.25) is 5.91 Å². The van der Waals surface area contributed by atoms with Crippen LogP contribution in [0, 0.1) is 11.3 Å². The van der Waals surface area contributed by atoms with Gasteiger partial charge in [0.25, 0.3) is 0 Å². The van der Waals surface area contributed by atoms with Crippen molar-refractivity contribution in [3.63, 3.8) is 0 Å². The molecule has 1 aliphatic rings. The van der Waals surface area contributed by atoms with E-state index in [1.165, 1.54) is 14.7 Å². The first kappa shape index (κ1) is 16.0. The SMILES string of the molecule is CC(C)N1CCN(CC(=O)N(C)CCC#N)C(=O)C1=O. The van der Waals surface area contributed by atoms with E-state index in [-0.39, 0.29) is 24.9 Å². The molecule has 110 valence electrons. The minimum atomic E-state index is -0.632. The molecule has 0 bridgehead atoms. The Morgan fingerprint density at radius 1 is 1.35 bits per heavy atom. The molecule has 7 nitrogen and oxygen atoms in total. The maximum absolute atomic E-state index is 11.9. The molecule has 1 saturated heterocycles. The van der Waals surface area contributed by atoms with Crippen LogP contribution in [0.4, 0.5) is 0 Å². The van der Waals surface area contributed by atoms with Crippen molar-refractivity contribution in [3.8, 4) is 6.07 Å². The number of hydrogen-bond acceptors (Lipinski definition) is 4. The fourth-order valence-corrected chi connectivity index (χ4v) is 1.96. The van der Waals surface area contributed by atoms with Gasteiger partial charge in [0, 0.05) is 32.7 Å². The lowest BCUT2D eigenvalue weighted by molar-refractivity contribution is -0.158. The summed E-state index contributed by atoms with van der Waals surface area (Å²) in [7, 11) is 1.58. The monoisotopic (exact) mass is 280 g/mol. The second-order valence-electron chi connectivity index (χ2n) is 5.04. The highest BCUT2D eigenvalue weighted by Crippen LogP contribution is 2.09. The van der Waals surface area contributed by atoms with Crippen molar-refractivity contribution >= 4 is 17.7 Å². The van der Waals surface area contributed by atoms with Crippen LogP contribution in [0.15, 0.2) is 0 Å². The van der Waals surface area contributed by atoms with Crippen molar-refractivity contribution in [2.75, 3.05) is 33.2 Å². The fourth-order valence-electron chi connectivity index (χ4n) is 1.96. The number of carbonyl (C=O) groups excluding carboxylic acids is 3. The first-order valence-corrected chi connectivity index (χ1v) is 6.59. The Morgan fingerprint density at radius 3 is 2.55 bits per heavy atom. The average Bonchev–Trinajstić information content (AvgIpc) is 2.40. The van der Waals surface area contributed by atoms with Gasteiger partial charge >= 0.3 is 11.8 Å². The molecule has 0 radical (unpaired) electrons. The highest BCUT2D eigenvalue weighted by Gasteiger charge is 2.34. The fraction of sp³-hybridized carbons (Fsp3) is 0.692. The van der Waals surface area contributed by atoms with E-state index in [1.54, 1.807) is 7.05 Å². The minimum absolute atomic E-state index is 0.0254. The predicted molar refractivity (Wildman–Crippen MR) is 71.3 cm³/mol. The maximum Gasteiger partial charge on any atom is 0.312 e. The summed E-state index contributed by atoms with van der Waals surface area (Å²) in [5.74, 6) is -1.45. The van der Waals surface area contributed by atoms with Crippen LogP contribution in [-0.2, 0) is 14.4 Å². The third-order valence-corrected chi connectivity index (χ3v) is 3.28. The number of rotatable bonds is 5. The lowest BCUT2D eigenvalue weighted by atomic mass is 10.2. The Hall–Kier alpha value is -2.10. The summed E-state index contributed by atoms with van der Waals surface area (Å²) in [5.41, 5.74) is 0. The van der Waals surface area contributed by atoms with Crippen LogP contribution < -0.4 is 0 Å². The number of nitriles is 1. The van der Waals surface area contributed by atoms with Crippen LogP contribution >= 0.6 is 0 Å². The van der Waals surface area contributed by atoms with E-state index in [0.29, 0.717) is 19.6 Å².